The van der Waals surface area contributed by atoms with Crippen molar-refractivity contribution in [2.45, 2.75) is 45.0 Å². The SMILES string of the molecule is C/C(=C\CC(O)C(C)(C)O)C(O)CO. The first kappa shape index (κ1) is 13.6. The average molecular weight is 204 g/mol. The van der Waals surface area contributed by atoms with Crippen LogP contribution < -0.4 is 0 Å². The molecular formula is C10H20O4. The maximum Gasteiger partial charge on any atom is 0.0978 e. The molecule has 2 atom stereocenters. The normalized spacial score (nSPS) is 18.1. The van der Waals surface area contributed by atoms with Gasteiger partial charge in [0, 0.05) is 0 Å². The van der Waals surface area contributed by atoms with E-state index in [-0.39, 0.29) is 13.0 Å². The maximum atomic E-state index is 9.45. The molecule has 0 aliphatic carbocycles. The Morgan fingerprint density at radius 1 is 1.36 bits per heavy atom. The Morgan fingerprint density at radius 3 is 2.21 bits per heavy atom. The number of aliphatic hydroxyl groups is 4. The van der Waals surface area contributed by atoms with Gasteiger partial charge < -0.3 is 20.4 Å². The lowest BCUT2D eigenvalue weighted by molar-refractivity contribution is -0.0458. The first-order chi connectivity index (χ1) is 6.29. The van der Waals surface area contributed by atoms with E-state index in [2.05, 4.69) is 0 Å². The van der Waals surface area contributed by atoms with E-state index in [1.54, 1.807) is 13.0 Å². The van der Waals surface area contributed by atoms with Gasteiger partial charge in [-0.25, -0.2) is 0 Å². The Bertz CT molecular complexity index is 193. The molecule has 0 saturated heterocycles. The molecular weight excluding hydrogens is 184 g/mol. The predicted molar refractivity (Wildman–Crippen MR) is 53.8 cm³/mol. The molecule has 2 unspecified atom stereocenters. The van der Waals surface area contributed by atoms with Gasteiger partial charge in [-0.1, -0.05) is 6.08 Å². The van der Waals surface area contributed by atoms with Gasteiger partial charge in [0.25, 0.3) is 0 Å². The minimum atomic E-state index is -1.15. The molecule has 0 aliphatic rings. The topological polar surface area (TPSA) is 80.9 Å². The van der Waals surface area contributed by atoms with Crippen LogP contribution in [-0.4, -0.2) is 44.8 Å². The zero-order valence-corrected chi connectivity index (χ0v) is 8.94. The molecule has 0 aromatic carbocycles. The summed E-state index contributed by atoms with van der Waals surface area (Å²) < 4.78 is 0. The van der Waals surface area contributed by atoms with E-state index in [0.29, 0.717) is 5.57 Å². The standard InChI is InChI=1S/C10H20O4/c1-7(8(12)6-11)4-5-9(13)10(2,3)14/h4,8-9,11-14H,5-6H2,1-3H3/b7-4+. The number of hydrogen-bond donors (Lipinski definition) is 4. The van der Waals surface area contributed by atoms with Gasteiger partial charge in [0.1, 0.15) is 0 Å². The van der Waals surface area contributed by atoms with Gasteiger partial charge in [0.2, 0.25) is 0 Å². The van der Waals surface area contributed by atoms with Gasteiger partial charge in [-0.15, -0.1) is 0 Å². The number of hydrogen-bond acceptors (Lipinski definition) is 4. The van der Waals surface area contributed by atoms with Crippen molar-refractivity contribution in [1.82, 2.24) is 0 Å². The summed E-state index contributed by atoms with van der Waals surface area (Å²) in [5, 5.41) is 36.7. The van der Waals surface area contributed by atoms with Gasteiger partial charge >= 0.3 is 0 Å². The second-order valence-electron chi connectivity index (χ2n) is 4.05. The third-order valence-electron chi connectivity index (χ3n) is 2.18. The monoisotopic (exact) mass is 204 g/mol. The Labute approximate surface area is 84.5 Å². The van der Waals surface area contributed by atoms with E-state index >= 15 is 0 Å². The summed E-state index contributed by atoms with van der Waals surface area (Å²) in [6.45, 7) is 4.37. The van der Waals surface area contributed by atoms with Crippen LogP contribution in [0.1, 0.15) is 27.2 Å². The van der Waals surface area contributed by atoms with Gasteiger partial charge in [-0.2, -0.15) is 0 Å². The molecule has 0 bridgehead atoms. The molecule has 0 radical (unpaired) electrons. The van der Waals surface area contributed by atoms with E-state index in [4.69, 9.17) is 5.11 Å². The summed E-state index contributed by atoms with van der Waals surface area (Å²) >= 11 is 0. The van der Waals surface area contributed by atoms with Crippen molar-refractivity contribution in [2.75, 3.05) is 6.61 Å². The third-order valence-corrected chi connectivity index (χ3v) is 2.18. The predicted octanol–water partition coefficient (Wildman–Crippen LogP) is -0.192. The molecule has 0 heterocycles. The lowest BCUT2D eigenvalue weighted by atomic mass is 9.97. The number of aliphatic hydroxyl groups excluding tert-OH is 3. The summed E-state index contributed by atoms with van der Waals surface area (Å²) in [5.74, 6) is 0. The van der Waals surface area contributed by atoms with Crippen molar-refractivity contribution in [3.05, 3.63) is 11.6 Å². The highest BCUT2D eigenvalue weighted by Gasteiger charge is 2.23. The van der Waals surface area contributed by atoms with Gasteiger partial charge in [0.15, 0.2) is 0 Å². The average Bonchev–Trinajstić information content (AvgIpc) is 2.10. The van der Waals surface area contributed by atoms with Crippen LogP contribution in [0.3, 0.4) is 0 Å². The fraction of sp³-hybridized carbons (Fsp3) is 0.800. The summed E-state index contributed by atoms with van der Waals surface area (Å²) in [4.78, 5) is 0. The van der Waals surface area contributed by atoms with Gasteiger partial charge in [-0.05, 0) is 32.8 Å². The molecule has 0 amide bonds. The summed E-state index contributed by atoms with van der Waals surface area (Å²) in [7, 11) is 0. The fourth-order valence-corrected chi connectivity index (χ4v) is 0.866. The molecule has 4 N–H and O–H groups in total. The fourth-order valence-electron chi connectivity index (χ4n) is 0.866. The molecule has 4 nitrogen and oxygen atoms in total. The Balaban J connectivity index is 4.16. The van der Waals surface area contributed by atoms with E-state index in [0.717, 1.165) is 0 Å². The lowest BCUT2D eigenvalue weighted by Crippen LogP contribution is -2.35. The second-order valence-corrected chi connectivity index (χ2v) is 4.05. The molecule has 0 saturated carbocycles. The van der Waals surface area contributed by atoms with Crippen LogP contribution in [0.15, 0.2) is 11.6 Å². The number of rotatable bonds is 5. The van der Waals surface area contributed by atoms with Crippen molar-refractivity contribution in [1.29, 1.82) is 0 Å². The lowest BCUT2D eigenvalue weighted by Gasteiger charge is -2.23. The highest BCUT2D eigenvalue weighted by molar-refractivity contribution is 5.05. The van der Waals surface area contributed by atoms with Gasteiger partial charge in [0.05, 0.1) is 24.4 Å². The van der Waals surface area contributed by atoms with Crippen molar-refractivity contribution in [3.63, 3.8) is 0 Å². The first-order valence-electron chi connectivity index (χ1n) is 4.65. The van der Waals surface area contributed by atoms with Crippen LogP contribution in [0, 0.1) is 0 Å². The van der Waals surface area contributed by atoms with Crippen LogP contribution in [0.25, 0.3) is 0 Å². The van der Waals surface area contributed by atoms with Crippen molar-refractivity contribution < 1.29 is 20.4 Å². The van der Waals surface area contributed by atoms with Crippen molar-refractivity contribution in [3.8, 4) is 0 Å². The first-order valence-corrected chi connectivity index (χ1v) is 4.65. The zero-order valence-electron chi connectivity index (χ0n) is 8.94. The van der Waals surface area contributed by atoms with Crippen LogP contribution in [0.4, 0.5) is 0 Å². The summed E-state index contributed by atoms with van der Waals surface area (Å²) in [6.07, 6.45) is 0.114. The second kappa shape index (κ2) is 5.46. The van der Waals surface area contributed by atoms with E-state index in [1.165, 1.54) is 13.8 Å². The quantitative estimate of drug-likeness (QED) is 0.468. The van der Waals surface area contributed by atoms with E-state index < -0.39 is 17.8 Å². The van der Waals surface area contributed by atoms with Crippen molar-refractivity contribution in [2.24, 2.45) is 0 Å². The van der Waals surface area contributed by atoms with Crippen LogP contribution in [0.5, 0.6) is 0 Å². The third kappa shape index (κ3) is 4.72. The molecule has 14 heavy (non-hydrogen) atoms. The molecule has 0 aliphatic heterocycles. The molecule has 0 rings (SSSR count). The van der Waals surface area contributed by atoms with E-state index in [1.807, 2.05) is 0 Å². The molecule has 84 valence electrons. The Kier molecular flexibility index (Phi) is 5.29. The molecule has 0 fully saturated rings. The Morgan fingerprint density at radius 2 is 1.86 bits per heavy atom. The van der Waals surface area contributed by atoms with E-state index in [9.17, 15) is 15.3 Å². The van der Waals surface area contributed by atoms with Crippen LogP contribution >= 0.6 is 0 Å². The molecule has 0 spiro atoms. The molecule has 0 aromatic rings. The summed E-state index contributed by atoms with van der Waals surface area (Å²) in [6, 6.07) is 0. The minimum absolute atomic E-state index is 0.256. The van der Waals surface area contributed by atoms with Crippen LogP contribution in [-0.2, 0) is 0 Å². The zero-order chi connectivity index (χ0) is 11.4. The molecule has 4 heteroatoms. The highest BCUT2D eigenvalue weighted by Crippen LogP contribution is 2.14. The highest BCUT2D eigenvalue weighted by atomic mass is 16.3. The van der Waals surface area contributed by atoms with Gasteiger partial charge in [-0.3, -0.25) is 0 Å². The Hall–Kier alpha value is -0.420. The van der Waals surface area contributed by atoms with Crippen LogP contribution in [0.2, 0.25) is 0 Å². The summed E-state index contributed by atoms with van der Waals surface area (Å²) in [5.41, 5.74) is -0.559. The maximum absolute atomic E-state index is 9.45. The smallest absolute Gasteiger partial charge is 0.0978 e. The minimum Gasteiger partial charge on any atom is -0.393 e. The molecule has 0 aromatic heterocycles. The largest absolute Gasteiger partial charge is 0.393 e. The van der Waals surface area contributed by atoms with Crippen molar-refractivity contribution >= 4 is 0 Å².